The number of amides is 2. The largest absolute Gasteiger partial charge is 0.369 e. The Balaban J connectivity index is 1.80. The summed E-state index contributed by atoms with van der Waals surface area (Å²) in [6.45, 7) is 4.73. The van der Waals surface area contributed by atoms with Crippen molar-refractivity contribution in [1.82, 2.24) is 9.88 Å². The van der Waals surface area contributed by atoms with Crippen molar-refractivity contribution in [2.75, 3.05) is 13.1 Å². The lowest BCUT2D eigenvalue weighted by Gasteiger charge is -2.31. The molecule has 1 saturated heterocycles. The van der Waals surface area contributed by atoms with E-state index in [1.54, 1.807) is 17.0 Å². The number of pyridine rings is 1. The number of nitrogens with zero attached hydrogens (tertiary/aromatic N) is 3. The highest BCUT2D eigenvalue weighted by Gasteiger charge is 2.27. The lowest BCUT2D eigenvalue weighted by atomic mass is 9.96. The molecule has 3 rings (SSSR count). The summed E-state index contributed by atoms with van der Waals surface area (Å²) < 4.78 is 0. The maximum Gasteiger partial charge on any atom is 0.253 e. The first kappa shape index (κ1) is 18.6. The van der Waals surface area contributed by atoms with E-state index < -0.39 is 0 Å². The van der Waals surface area contributed by atoms with Gasteiger partial charge in [0.25, 0.3) is 5.91 Å². The fraction of sp³-hybridized carbons (Fsp3) is 0.333. The maximum absolute atomic E-state index is 12.7. The molecule has 1 aliphatic rings. The van der Waals surface area contributed by atoms with Gasteiger partial charge in [-0.3, -0.25) is 14.6 Å². The first-order valence-corrected chi connectivity index (χ1v) is 8.98. The SMILES string of the molecule is Cc1cc(-c2ccc(C(=O)N3CCC[C@@H](C(N)=O)C3)cc2)nc(C)c1C#N. The van der Waals surface area contributed by atoms with Crippen LogP contribution in [0.3, 0.4) is 0 Å². The molecular formula is C21H22N4O2. The molecule has 0 unspecified atom stereocenters. The zero-order valence-electron chi connectivity index (χ0n) is 15.5. The van der Waals surface area contributed by atoms with Gasteiger partial charge in [0.05, 0.1) is 22.9 Å². The number of aromatic nitrogens is 1. The van der Waals surface area contributed by atoms with Gasteiger partial charge in [-0.05, 0) is 50.5 Å². The number of likely N-dealkylation sites (tertiary alicyclic amines) is 1. The number of rotatable bonds is 3. The smallest absolute Gasteiger partial charge is 0.253 e. The molecule has 2 aromatic rings. The number of hydrogen-bond donors (Lipinski definition) is 1. The minimum atomic E-state index is -0.347. The topological polar surface area (TPSA) is 100 Å². The second-order valence-corrected chi connectivity index (χ2v) is 6.97. The monoisotopic (exact) mass is 362 g/mol. The molecule has 1 aliphatic heterocycles. The van der Waals surface area contributed by atoms with E-state index in [9.17, 15) is 14.9 Å². The van der Waals surface area contributed by atoms with Crippen molar-refractivity contribution in [2.45, 2.75) is 26.7 Å². The van der Waals surface area contributed by atoms with Crippen molar-refractivity contribution < 1.29 is 9.59 Å². The van der Waals surface area contributed by atoms with E-state index in [-0.39, 0.29) is 17.7 Å². The third-order valence-corrected chi connectivity index (χ3v) is 5.05. The third kappa shape index (κ3) is 3.82. The predicted molar refractivity (Wildman–Crippen MR) is 102 cm³/mol. The zero-order valence-corrected chi connectivity index (χ0v) is 15.5. The van der Waals surface area contributed by atoms with Crippen molar-refractivity contribution >= 4 is 11.8 Å². The molecule has 0 spiro atoms. The Morgan fingerprint density at radius 3 is 2.56 bits per heavy atom. The number of benzene rings is 1. The van der Waals surface area contributed by atoms with Crippen LogP contribution in [0.5, 0.6) is 0 Å². The molecule has 2 N–H and O–H groups in total. The van der Waals surface area contributed by atoms with Crippen LogP contribution in [0.2, 0.25) is 0 Å². The van der Waals surface area contributed by atoms with Gasteiger partial charge >= 0.3 is 0 Å². The molecule has 0 radical (unpaired) electrons. The van der Waals surface area contributed by atoms with Gasteiger partial charge in [-0.25, -0.2) is 0 Å². The van der Waals surface area contributed by atoms with E-state index in [1.807, 2.05) is 32.0 Å². The lowest BCUT2D eigenvalue weighted by Crippen LogP contribution is -2.44. The molecule has 0 aliphatic carbocycles. The Kier molecular flexibility index (Phi) is 5.22. The minimum absolute atomic E-state index is 0.0901. The van der Waals surface area contributed by atoms with Gasteiger partial charge in [0.1, 0.15) is 6.07 Å². The van der Waals surface area contributed by atoms with E-state index in [1.165, 1.54) is 0 Å². The van der Waals surface area contributed by atoms with E-state index in [2.05, 4.69) is 11.1 Å². The van der Waals surface area contributed by atoms with Crippen molar-refractivity contribution in [2.24, 2.45) is 11.7 Å². The first-order valence-electron chi connectivity index (χ1n) is 8.98. The van der Waals surface area contributed by atoms with Crippen molar-refractivity contribution in [3.8, 4) is 17.3 Å². The molecule has 1 aromatic heterocycles. The van der Waals surface area contributed by atoms with Crippen LogP contribution in [0.15, 0.2) is 30.3 Å². The molecule has 2 heterocycles. The summed E-state index contributed by atoms with van der Waals surface area (Å²) >= 11 is 0. The van der Waals surface area contributed by atoms with Crippen LogP contribution in [-0.2, 0) is 4.79 Å². The standard InChI is InChI=1S/C21H22N4O2/c1-13-10-19(24-14(2)18(13)11-22)15-5-7-16(8-6-15)21(27)25-9-3-4-17(12-25)20(23)26/h5-8,10,17H,3-4,9,12H2,1-2H3,(H2,23,26)/t17-/m1/s1. The van der Waals surface area contributed by atoms with Crippen LogP contribution >= 0.6 is 0 Å². The molecule has 1 aromatic carbocycles. The summed E-state index contributed by atoms with van der Waals surface area (Å²) in [4.78, 5) is 30.3. The fourth-order valence-corrected chi connectivity index (χ4v) is 3.51. The summed E-state index contributed by atoms with van der Waals surface area (Å²) in [7, 11) is 0. The molecule has 1 atom stereocenters. The molecule has 0 bridgehead atoms. The van der Waals surface area contributed by atoms with Crippen molar-refractivity contribution in [3.05, 3.63) is 52.7 Å². The molecule has 6 heteroatoms. The average Bonchev–Trinajstić information content (AvgIpc) is 2.67. The number of aryl methyl sites for hydroxylation is 2. The minimum Gasteiger partial charge on any atom is -0.369 e. The quantitative estimate of drug-likeness (QED) is 0.907. The van der Waals surface area contributed by atoms with Gasteiger partial charge < -0.3 is 10.6 Å². The van der Waals surface area contributed by atoms with Crippen molar-refractivity contribution in [1.29, 1.82) is 5.26 Å². The summed E-state index contributed by atoms with van der Waals surface area (Å²) in [6.07, 6.45) is 1.52. The molecular weight excluding hydrogens is 340 g/mol. The van der Waals surface area contributed by atoms with Crippen LogP contribution in [-0.4, -0.2) is 34.8 Å². The highest BCUT2D eigenvalue weighted by molar-refractivity contribution is 5.95. The normalized spacial score (nSPS) is 16.6. The third-order valence-electron chi connectivity index (χ3n) is 5.05. The molecule has 6 nitrogen and oxygen atoms in total. The first-order chi connectivity index (χ1) is 12.9. The highest BCUT2D eigenvalue weighted by Crippen LogP contribution is 2.23. The highest BCUT2D eigenvalue weighted by atomic mass is 16.2. The Morgan fingerprint density at radius 2 is 1.96 bits per heavy atom. The van der Waals surface area contributed by atoms with Crippen LogP contribution in [0.1, 0.15) is 40.0 Å². The fourth-order valence-electron chi connectivity index (χ4n) is 3.51. The number of nitrogens with two attached hydrogens (primary N) is 1. The van der Waals surface area contributed by atoms with Crippen LogP contribution in [0.25, 0.3) is 11.3 Å². The van der Waals surface area contributed by atoms with E-state index in [0.717, 1.165) is 29.7 Å². The van der Waals surface area contributed by atoms with E-state index in [0.29, 0.717) is 29.9 Å². The Hall–Kier alpha value is -3.20. The number of hydrogen-bond acceptors (Lipinski definition) is 4. The second kappa shape index (κ2) is 7.58. The van der Waals surface area contributed by atoms with Crippen LogP contribution in [0.4, 0.5) is 0 Å². The van der Waals surface area contributed by atoms with Gasteiger partial charge in [-0.1, -0.05) is 12.1 Å². The Bertz CT molecular complexity index is 905. The van der Waals surface area contributed by atoms with Gasteiger partial charge in [-0.15, -0.1) is 0 Å². The molecule has 1 fully saturated rings. The Labute approximate surface area is 158 Å². The summed E-state index contributed by atoms with van der Waals surface area (Å²) in [5, 5.41) is 9.17. The van der Waals surface area contributed by atoms with Gasteiger partial charge in [0.15, 0.2) is 0 Å². The van der Waals surface area contributed by atoms with Crippen LogP contribution in [0, 0.1) is 31.1 Å². The number of carbonyl (C=O) groups is 2. The lowest BCUT2D eigenvalue weighted by molar-refractivity contribution is -0.123. The molecule has 27 heavy (non-hydrogen) atoms. The zero-order chi connectivity index (χ0) is 19.6. The van der Waals surface area contributed by atoms with Crippen molar-refractivity contribution in [3.63, 3.8) is 0 Å². The number of primary amides is 1. The van der Waals surface area contributed by atoms with Crippen LogP contribution < -0.4 is 5.73 Å². The predicted octanol–water partition coefficient (Wildman–Crippen LogP) is 2.57. The van der Waals surface area contributed by atoms with Gasteiger partial charge in [0, 0.05) is 24.2 Å². The molecule has 138 valence electrons. The molecule has 2 amide bonds. The average molecular weight is 362 g/mol. The number of nitriles is 1. The number of carbonyl (C=O) groups excluding carboxylic acids is 2. The molecule has 0 saturated carbocycles. The second-order valence-electron chi connectivity index (χ2n) is 6.97. The summed E-state index contributed by atoms with van der Waals surface area (Å²) in [6, 6.07) is 11.3. The maximum atomic E-state index is 12.7. The Morgan fingerprint density at radius 1 is 1.26 bits per heavy atom. The van der Waals surface area contributed by atoms with E-state index >= 15 is 0 Å². The number of piperidine rings is 1. The summed E-state index contributed by atoms with van der Waals surface area (Å²) in [5.41, 5.74) is 9.80. The van der Waals surface area contributed by atoms with Gasteiger partial charge in [-0.2, -0.15) is 5.26 Å². The van der Waals surface area contributed by atoms with Gasteiger partial charge in [0.2, 0.25) is 5.91 Å². The summed E-state index contributed by atoms with van der Waals surface area (Å²) in [5.74, 6) is -0.705. The van der Waals surface area contributed by atoms with E-state index in [4.69, 9.17) is 5.73 Å².